The van der Waals surface area contributed by atoms with Gasteiger partial charge in [0.1, 0.15) is 5.75 Å². The molecule has 0 aliphatic rings. The molecule has 2 aromatic rings. The molecule has 1 aromatic heterocycles. The summed E-state index contributed by atoms with van der Waals surface area (Å²) in [5.41, 5.74) is 3.27. The highest BCUT2D eigenvalue weighted by Gasteiger charge is 2.08. The maximum absolute atomic E-state index is 6.01. The molecule has 0 saturated carbocycles. The lowest BCUT2D eigenvalue weighted by atomic mass is 10.1. The van der Waals surface area contributed by atoms with E-state index >= 15 is 0 Å². The van der Waals surface area contributed by atoms with Gasteiger partial charge in [-0.2, -0.15) is 0 Å². The van der Waals surface area contributed by atoms with E-state index in [0.29, 0.717) is 12.5 Å². The number of aryl methyl sites for hydroxylation is 2. The average Bonchev–Trinajstić information content (AvgIpc) is 2.46. The lowest BCUT2D eigenvalue weighted by molar-refractivity contribution is 0.215. The summed E-state index contributed by atoms with van der Waals surface area (Å²) in [5, 5.41) is 3.25. The van der Waals surface area contributed by atoms with Gasteiger partial charge in [0.25, 0.3) is 0 Å². The van der Waals surface area contributed by atoms with Crippen LogP contribution in [0.2, 0.25) is 0 Å². The molecule has 4 nitrogen and oxygen atoms in total. The third kappa shape index (κ3) is 4.45. The van der Waals surface area contributed by atoms with Crippen LogP contribution >= 0.6 is 0 Å². The maximum Gasteiger partial charge on any atom is 0.223 e. The smallest absolute Gasteiger partial charge is 0.223 e. The number of hydrogen-bond acceptors (Lipinski definition) is 4. The first-order valence-electron chi connectivity index (χ1n) is 7.38. The number of ether oxygens (including phenoxy) is 1. The molecule has 0 aliphatic heterocycles. The van der Waals surface area contributed by atoms with Crippen LogP contribution in [0, 0.1) is 13.8 Å². The number of hydrogen-bond donors (Lipinski definition) is 1. The number of rotatable bonds is 6. The van der Waals surface area contributed by atoms with Crippen LogP contribution in [0.1, 0.15) is 37.1 Å². The highest BCUT2D eigenvalue weighted by molar-refractivity contribution is 5.40. The number of nitrogens with one attached hydrogen (secondary N) is 1. The molecule has 0 spiro atoms. The van der Waals surface area contributed by atoms with Gasteiger partial charge in [0.2, 0.25) is 5.95 Å². The Balaban J connectivity index is 2.11. The molecule has 1 atom stereocenters. The number of anilines is 1. The van der Waals surface area contributed by atoms with Crippen molar-refractivity contribution >= 4 is 5.95 Å². The first kappa shape index (κ1) is 15.3. The van der Waals surface area contributed by atoms with E-state index in [-0.39, 0.29) is 6.10 Å². The average molecular weight is 285 g/mol. The first-order chi connectivity index (χ1) is 10.1. The third-order valence-electron chi connectivity index (χ3n) is 3.36. The van der Waals surface area contributed by atoms with Crippen molar-refractivity contribution in [3.8, 4) is 5.75 Å². The van der Waals surface area contributed by atoms with Crippen LogP contribution in [-0.2, 0) is 6.54 Å². The van der Waals surface area contributed by atoms with Gasteiger partial charge in [0.05, 0.1) is 6.10 Å². The molecule has 0 radical (unpaired) electrons. The van der Waals surface area contributed by atoms with Crippen molar-refractivity contribution in [2.75, 3.05) is 5.32 Å². The quantitative estimate of drug-likeness (QED) is 0.875. The van der Waals surface area contributed by atoms with E-state index in [0.717, 1.165) is 23.4 Å². The molecule has 4 heteroatoms. The summed E-state index contributed by atoms with van der Waals surface area (Å²) in [6.07, 6.45) is 2.96. The largest absolute Gasteiger partial charge is 0.490 e. The zero-order valence-electron chi connectivity index (χ0n) is 13.2. The fourth-order valence-electron chi connectivity index (χ4n) is 1.93. The second-order valence-electron chi connectivity index (χ2n) is 5.32. The normalized spacial score (nSPS) is 12.0. The number of aromatic nitrogens is 2. The summed E-state index contributed by atoms with van der Waals surface area (Å²) in [6.45, 7) is 8.89. The summed E-state index contributed by atoms with van der Waals surface area (Å²) >= 11 is 0. The second kappa shape index (κ2) is 7.07. The van der Waals surface area contributed by atoms with Crippen LogP contribution in [0.4, 0.5) is 5.95 Å². The summed E-state index contributed by atoms with van der Waals surface area (Å²) < 4.78 is 6.01. The SMILES string of the molecule is CCC(C)Oc1cc(C)ccc1CNc1nccc(C)n1. The van der Waals surface area contributed by atoms with Gasteiger partial charge in [-0.25, -0.2) is 9.97 Å². The molecule has 112 valence electrons. The Morgan fingerprint density at radius 3 is 2.76 bits per heavy atom. The predicted octanol–water partition coefficient (Wildman–Crippen LogP) is 3.88. The third-order valence-corrected chi connectivity index (χ3v) is 3.36. The van der Waals surface area contributed by atoms with E-state index in [2.05, 4.69) is 54.3 Å². The Morgan fingerprint density at radius 2 is 2.05 bits per heavy atom. The maximum atomic E-state index is 6.01. The van der Waals surface area contributed by atoms with E-state index in [1.165, 1.54) is 5.56 Å². The highest BCUT2D eigenvalue weighted by Crippen LogP contribution is 2.23. The Kier molecular flexibility index (Phi) is 5.14. The monoisotopic (exact) mass is 285 g/mol. The van der Waals surface area contributed by atoms with Crippen LogP contribution in [0.25, 0.3) is 0 Å². The van der Waals surface area contributed by atoms with E-state index in [9.17, 15) is 0 Å². The van der Waals surface area contributed by atoms with Crippen molar-refractivity contribution < 1.29 is 4.74 Å². The van der Waals surface area contributed by atoms with Crippen molar-refractivity contribution in [3.05, 3.63) is 47.3 Å². The Hall–Kier alpha value is -2.10. The fraction of sp³-hybridized carbons (Fsp3) is 0.412. The zero-order chi connectivity index (χ0) is 15.2. The van der Waals surface area contributed by atoms with E-state index < -0.39 is 0 Å². The van der Waals surface area contributed by atoms with Crippen molar-refractivity contribution in [1.82, 2.24) is 9.97 Å². The molecule has 2 rings (SSSR count). The van der Waals surface area contributed by atoms with E-state index in [4.69, 9.17) is 4.74 Å². The second-order valence-corrected chi connectivity index (χ2v) is 5.32. The lowest BCUT2D eigenvalue weighted by Gasteiger charge is -2.17. The molecule has 0 amide bonds. The molecule has 1 N–H and O–H groups in total. The molecule has 0 aliphatic carbocycles. The topological polar surface area (TPSA) is 47.0 Å². The van der Waals surface area contributed by atoms with Gasteiger partial charge in [0.15, 0.2) is 0 Å². The van der Waals surface area contributed by atoms with Gasteiger partial charge in [-0.05, 0) is 44.9 Å². The molecule has 0 fully saturated rings. The molecule has 0 bridgehead atoms. The van der Waals surface area contributed by atoms with Gasteiger partial charge < -0.3 is 10.1 Å². The van der Waals surface area contributed by atoms with Gasteiger partial charge in [-0.15, -0.1) is 0 Å². The highest BCUT2D eigenvalue weighted by atomic mass is 16.5. The zero-order valence-corrected chi connectivity index (χ0v) is 13.2. The van der Waals surface area contributed by atoms with Crippen LogP contribution in [0.5, 0.6) is 5.75 Å². The van der Waals surface area contributed by atoms with Crippen LogP contribution < -0.4 is 10.1 Å². The minimum Gasteiger partial charge on any atom is -0.490 e. The molecular formula is C17H23N3O. The number of benzene rings is 1. The summed E-state index contributed by atoms with van der Waals surface area (Å²) in [5.74, 6) is 1.58. The molecular weight excluding hydrogens is 262 g/mol. The standard InChI is InChI=1S/C17H23N3O/c1-5-14(4)21-16-10-12(2)6-7-15(16)11-19-17-18-9-8-13(3)20-17/h6-10,14H,5,11H2,1-4H3,(H,18,19,20). The Bertz CT molecular complexity index is 598. The van der Waals surface area contributed by atoms with Gasteiger partial charge in [-0.3, -0.25) is 0 Å². The van der Waals surface area contributed by atoms with Crippen LogP contribution in [-0.4, -0.2) is 16.1 Å². The van der Waals surface area contributed by atoms with E-state index in [1.54, 1.807) is 6.20 Å². The molecule has 1 unspecified atom stereocenters. The van der Waals surface area contributed by atoms with Crippen molar-refractivity contribution in [1.29, 1.82) is 0 Å². The molecule has 1 heterocycles. The Morgan fingerprint density at radius 1 is 1.24 bits per heavy atom. The van der Waals surface area contributed by atoms with Gasteiger partial charge in [0, 0.05) is 24.0 Å². The minimum absolute atomic E-state index is 0.209. The summed E-state index contributed by atoms with van der Waals surface area (Å²) in [6, 6.07) is 8.15. The van der Waals surface area contributed by atoms with Gasteiger partial charge >= 0.3 is 0 Å². The molecule has 1 aromatic carbocycles. The van der Waals surface area contributed by atoms with E-state index in [1.807, 2.05) is 13.0 Å². The first-order valence-corrected chi connectivity index (χ1v) is 7.38. The lowest BCUT2D eigenvalue weighted by Crippen LogP contribution is -2.13. The van der Waals surface area contributed by atoms with Gasteiger partial charge in [-0.1, -0.05) is 19.1 Å². The van der Waals surface area contributed by atoms with Crippen LogP contribution in [0.3, 0.4) is 0 Å². The molecule has 0 saturated heterocycles. The fourth-order valence-corrected chi connectivity index (χ4v) is 1.93. The summed E-state index contributed by atoms with van der Waals surface area (Å²) in [4.78, 5) is 8.57. The van der Waals surface area contributed by atoms with Crippen molar-refractivity contribution in [2.24, 2.45) is 0 Å². The van der Waals surface area contributed by atoms with Crippen molar-refractivity contribution in [2.45, 2.75) is 46.8 Å². The predicted molar refractivity (Wildman–Crippen MR) is 85.7 cm³/mol. The number of nitrogens with zero attached hydrogens (tertiary/aromatic N) is 2. The minimum atomic E-state index is 0.209. The Labute approximate surface area is 126 Å². The van der Waals surface area contributed by atoms with Crippen LogP contribution in [0.15, 0.2) is 30.5 Å². The molecule has 21 heavy (non-hydrogen) atoms. The summed E-state index contributed by atoms with van der Waals surface area (Å²) in [7, 11) is 0. The van der Waals surface area contributed by atoms with Crippen molar-refractivity contribution in [3.63, 3.8) is 0 Å².